The minimum absolute atomic E-state index is 0.497. The van der Waals surface area contributed by atoms with Crippen LogP contribution >= 0.6 is 0 Å². The van der Waals surface area contributed by atoms with Crippen molar-refractivity contribution >= 4 is 109 Å². The molecule has 0 spiro atoms. The fourth-order valence-corrected chi connectivity index (χ4v) is 15.0. The van der Waals surface area contributed by atoms with E-state index in [-0.39, 0.29) is 0 Å². The lowest BCUT2D eigenvalue weighted by atomic mass is 9.97. The molecule has 0 aliphatic carbocycles. The van der Waals surface area contributed by atoms with Crippen molar-refractivity contribution < 1.29 is 0 Å². The molecule has 0 bridgehead atoms. The summed E-state index contributed by atoms with van der Waals surface area (Å²) < 4.78 is 9.35. The number of para-hydroxylation sites is 5. The van der Waals surface area contributed by atoms with Crippen molar-refractivity contribution in [1.82, 2.24) is 48.2 Å². The first-order valence-corrected chi connectivity index (χ1v) is 32.3. The quantitative estimate of drug-likeness (QED) is 0.143. The average molecular weight is 1230 g/mol. The van der Waals surface area contributed by atoms with Crippen molar-refractivity contribution in [2.24, 2.45) is 0 Å². The summed E-state index contributed by atoms with van der Waals surface area (Å²) in [7, 11) is 0. The molecule has 6 heterocycles. The molecule has 0 atom stereocenters. The van der Waals surface area contributed by atoms with Gasteiger partial charge in [0, 0.05) is 76.7 Å². The minimum Gasteiger partial charge on any atom is -0.307 e. The van der Waals surface area contributed by atoms with Gasteiger partial charge in [-0.25, -0.2) is 9.97 Å². The second-order valence-corrected chi connectivity index (χ2v) is 24.6. The van der Waals surface area contributed by atoms with E-state index in [0.717, 1.165) is 148 Å². The highest BCUT2D eigenvalue weighted by molar-refractivity contribution is 6.27. The normalized spacial score (nSPS) is 12.0. The Bertz CT molecular complexity index is 6480. The molecule has 0 aliphatic rings. The third kappa shape index (κ3) is 8.25. The number of aromatic nitrogens is 10. The van der Waals surface area contributed by atoms with Gasteiger partial charge in [0.2, 0.25) is 11.9 Å². The molecule has 0 unspecified atom stereocenters. The summed E-state index contributed by atoms with van der Waals surface area (Å²) >= 11 is 0. The summed E-state index contributed by atoms with van der Waals surface area (Å²) in [6, 6.07) is 112. The van der Waals surface area contributed by atoms with E-state index < -0.39 is 0 Å². The molecule has 0 N–H and O–H groups in total. The molecule has 20 rings (SSSR count). The largest absolute Gasteiger partial charge is 0.307 e. The third-order valence-corrected chi connectivity index (χ3v) is 19.2. The van der Waals surface area contributed by atoms with E-state index in [1.807, 2.05) is 18.2 Å². The number of benzene rings is 14. The highest BCUT2D eigenvalue weighted by Crippen LogP contribution is 2.46. The molecular formula is C86H52N10. The van der Waals surface area contributed by atoms with Crippen LogP contribution < -0.4 is 0 Å². The maximum absolute atomic E-state index is 5.62. The van der Waals surface area contributed by atoms with Crippen LogP contribution in [0.2, 0.25) is 0 Å². The minimum atomic E-state index is 0.497. The van der Waals surface area contributed by atoms with Gasteiger partial charge in [-0.1, -0.05) is 249 Å². The summed E-state index contributed by atoms with van der Waals surface area (Å²) in [5.41, 5.74) is 15.8. The maximum Gasteiger partial charge on any atom is 0.238 e. The molecule has 0 aliphatic heterocycles. The van der Waals surface area contributed by atoms with E-state index in [4.69, 9.17) is 29.9 Å². The molecule has 14 aromatic carbocycles. The lowest BCUT2D eigenvalue weighted by Gasteiger charge is -2.14. The summed E-state index contributed by atoms with van der Waals surface area (Å²) in [6.07, 6.45) is 0. The van der Waals surface area contributed by atoms with E-state index in [9.17, 15) is 0 Å². The van der Waals surface area contributed by atoms with Crippen LogP contribution in [0, 0.1) is 0 Å². The first kappa shape index (κ1) is 53.5. The standard InChI is InChI=1S/C86H52N10/c1-4-24-55(25-5-1)81-87-82(90-85(89-81)95-74-40-19-16-36-67(74)70-47-46-68-65-34-14-17-38-72(65)93(77(68)79(70)95)62-30-6-2-7-31-62)59-29-20-28-58(52-59)64-37-21-41-75-76(64)71-49-48-69-66-35-15-18-39-73(66)94(63-32-8-3-9-33-63)78(69)80(71)96(75)86-91-83(60-44-42-53-22-10-12-26-56(53)50-60)88-84(92-86)61-45-43-54-23-11-13-27-57(54)51-61/h1-52H. The third-order valence-electron chi connectivity index (χ3n) is 19.2. The van der Waals surface area contributed by atoms with Gasteiger partial charge in [-0.2, -0.15) is 19.9 Å². The van der Waals surface area contributed by atoms with Crippen molar-refractivity contribution in [2.75, 3.05) is 0 Å². The zero-order chi connectivity index (χ0) is 63.0. The molecule has 10 nitrogen and oxygen atoms in total. The summed E-state index contributed by atoms with van der Waals surface area (Å²) in [4.78, 5) is 33.1. The van der Waals surface area contributed by atoms with Crippen LogP contribution in [0.15, 0.2) is 315 Å². The van der Waals surface area contributed by atoms with Crippen LogP contribution in [0.25, 0.3) is 189 Å². The van der Waals surface area contributed by atoms with E-state index in [1.165, 1.54) is 5.39 Å². The SMILES string of the molecule is c1ccc(-c2nc(-c3cccc(-c4cccc5c4c4ccc6c7ccccc7n(-c7ccccc7)c6c4n5-c4nc(-c5ccc6ccccc6c5)nc(-c5ccc6ccccc6c5)n4)c3)nc(-n3c4ccccc4c4ccc5c6ccccc6n(-c6ccccc6)c5c43)n2)cc1. The van der Waals surface area contributed by atoms with E-state index in [1.54, 1.807) is 0 Å². The Balaban J connectivity index is 0.851. The molecule has 6 aromatic heterocycles. The fraction of sp³-hybridized carbons (Fsp3) is 0. The fourth-order valence-electron chi connectivity index (χ4n) is 15.0. The van der Waals surface area contributed by atoms with Crippen molar-refractivity contribution in [3.8, 4) is 79.9 Å². The van der Waals surface area contributed by atoms with Crippen LogP contribution in [-0.2, 0) is 0 Å². The topological polar surface area (TPSA) is 97.1 Å². The number of hydrogen-bond acceptors (Lipinski definition) is 6. The first-order valence-electron chi connectivity index (χ1n) is 32.3. The van der Waals surface area contributed by atoms with Gasteiger partial charge in [0.1, 0.15) is 0 Å². The Morgan fingerprint density at radius 3 is 1.07 bits per heavy atom. The zero-order valence-corrected chi connectivity index (χ0v) is 51.5. The second-order valence-electron chi connectivity index (χ2n) is 24.6. The Labute approximate surface area is 549 Å². The van der Waals surface area contributed by atoms with E-state index in [2.05, 4.69) is 316 Å². The monoisotopic (exact) mass is 1220 g/mol. The Morgan fingerprint density at radius 2 is 0.552 bits per heavy atom. The molecule has 96 heavy (non-hydrogen) atoms. The molecule has 0 fully saturated rings. The molecule has 20 aromatic rings. The van der Waals surface area contributed by atoms with E-state index in [0.29, 0.717) is 35.2 Å². The van der Waals surface area contributed by atoms with Crippen LogP contribution in [0.3, 0.4) is 0 Å². The summed E-state index contributed by atoms with van der Waals surface area (Å²) in [5.74, 6) is 3.25. The molecule has 0 saturated heterocycles. The number of hydrogen-bond donors (Lipinski definition) is 0. The van der Waals surface area contributed by atoms with Gasteiger partial charge in [-0.05, 0) is 99.4 Å². The highest BCUT2D eigenvalue weighted by atomic mass is 15.2. The van der Waals surface area contributed by atoms with Crippen molar-refractivity contribution in [3.63, 3.8) is 0 Å². The van der Waals surface area contributed by atoms with Gasteiger partial charge >= 0.3 is 0 Å². The lowest BCUT2D eigenvalue weighted by Crippen LogP contribution is -2.07. The zero-order valence-electron chi connectivity index (χ0n) is 51.5. The van der Waals surface area contributed by atoms with Gasteiger partial charge < -0.3 is 9.13 Å². The molecule has 10 heteroatoms. The molecule has 446 valence electrons. The second kappa shape index (κ2) is 21.2. The van der Waals surface area contributed by atoms with Gasteiger partial charge in [-0.15, -0.1) is 0 Å². The van der Waals surface area contributed by atoms with Crippen LogP contribution in [0.5, 0.6) is 0 Å². The Kier molecular flexibility index (Phi) is 11.8. The maximum atomic E-state index is 5.62. The first-order chi connectivity index (χ1) is 47.6. The highest BCUT2D eigenvalue weighted by Gasteiger charge is 2.28. The molecule has 0 amide bonds. The predicted molar refractivity (Wildman–Crippen MR) is 393 cm³/mol. The lowest BCUT2D eigenvalue weighted by molar-refractivity contribution is 0.953. The number of nitrogens with zero attached hydrogens (tertiary/aromatic N) is 10. The van der Waals surface area contributed by atoms with Gasteiger partial charge in [-0.3, -0.25) is 9.13 Å². The van der Waals surface area contributed by atoms with Crippen LogP contribution in [-0.4, -0.2) is 48.2 Å². The van der Waals surface area contributed by atoms with Gasteiger partial charge in [0.25, 0.3) is 0 Å². The Hall–Kier alpha value is -13.2. The molecule has 0 saturated carbocycles. The smallest absolute Gasteiger partial charge is 0.238 e. The molecule has 0 radical (unpaired) electrons. The molecular weight excluding hydrogens is 1170 g/mol. The van der Waals surface area contributed by atoms with E-state index >= 15 is 0 Å². The van der Waals surface area contributed by atoms with Gasteiger partial charge in [0.15, 0.2) is 23.3 Å². The van der Waals surface area contributed by atoms with Crippen molar-refractivity contribution in [2.45, 2.75) is 0 Å². The number of rotatable bonds is 9. The average Bonchev–Trinajstić information content (AvgIpc) is 1.55. The van der Waals surface area contributed by atoms with Gasteiger partial charge in [0.05, 0.1) is 44.1 Å². The van der Waals surface area contributed by atoms with Crippen molar-refractivity contribution in [3.05, 3.63) is 315 Å². The van der Waals surface area contributed by atoms with Crippen LogP contribution in [0.1, 0.15) is 0 Å². The Morgan fingerprint density at radius 1 is 0.198 bits per heavy atom. The number of fused-ring (bicyclic) bond motifs is 16. The predicted octanol–water partition coefficient (Wildman–Crippen LogP) is 21.1. The summed E-state index contributed by atoms with van der Waals surface area (Å²) in [5, 5.41) is 13.3. The summed E-state index contributed by atoms with van der Waals surface area (Å²) in [6.45, 7) is 0. The van der Waals surface area contributed by atoms with Crippen molar-refractivity contribution in [1.29, 1.82) is 0 Å². The van der Waals surface area contributed by atoms with Crippen LogP contribution in [0.4, 0.5) is 0 Å².